The Hall–Kier alpha value is -0.590. The van der Waals surface area contributed by atoms with Crippen molar-refractivity contribution in [3.8, 4) is 0 Å². The van der Waals surface area contributed by atoms with Crippen LogP contribution in [0.15, 0.2) is 23.2 Å². The van der Waals surface area contributed by atoms with Crippen molar-refractivity contribution < 1.29 is 8.42 Å². The summed E-state index contributed by atoms with van der Waals surface area (Å²) in [7, 11) is -2.88. The lowest BCUT2D eigenvalue weighted by atomic mass is 10.1. The first-order chi connectivity index (χ1) is 8.96. The maximum Gasteiger partial charge on any atom is 0.148 e. The standard InChI is InChI=1S/C13H22N2O2S2/c1-4-12(14-5-2)13-7-6-11(10-15-13)18-8-9-19(3,16)17/h6-7,10,12,14H,4-5,8-9H2,1-3H3. The average molecular weight is 302 g/mol. The van der Waals surface area contributed by atoms with Crippen LogP contribution in [0.3, 0.4) is 0 Å². The zero-order chi connectivity index (χ0) is 14.3. The highest BCUT2D eigenvalue weighted by atomic mass is 32.2. The van der Waals surface area contributed by atoms with Gasteiger partial charge < -0.3 is 5.32 Å². The summed E-state index contributed by atoms with van der Waals surface area (Å²) >= 11 is 1.53. The Bertz CT molecular complexity index is 472. The number of nitrogens with zero attached hydrogens (tertiary/aromatic N) is 1. The van der Waals surface area contributed by atoms with E-state index in [4.69, 9.17) is 0 Å². The largest absolute Gasteiger partial charge is 0.309 e. The predicted molar refractivity (Wildman–Crippen MR) is 81.4 cm³/mol. The molecule has 0 aliphatic heterocycles. The number of hydrogen-bond acceptors (Lipinski definition) is 5. The van der Waals surface area contributed by atoms with Crippen molar-refractivity contribution in [1.29, 1.82) is 0 Å². The Morgan fingerprint density at radius 2 is 2.11 bits per heavy atom. The molecule has 1 rings (SSSR count). The SMILES string of the molecule is CCNC(CC)c1ccc(SCCS(C)(=O)=O)cn1. The molecule has 0 radical (unpaired) electrons. The van der Waals surface area contributed by atoms with Crippen LogP contribution in [0, 0.1) is 0 Å². The molecule has 1 N–H and O–H groups in total. The number of thioether (sulfide) groups is 1. The first-order valence-electron chi connectivity index (χ1n) is 6.46. The summed E-state index contributed by atoms with van der Waals surface area (Å²) in [6.07, 6.45) is 4.08. The Morgan fingerprint density at radius 3 is 2.58 bits per heavy atom. The van der Waals surface area contributed by atoms with E-state index in [9.17, 15) is 8.42 Å². The normalized spacial score (nSPS) is 13.4. The molecule has 0 amide bonds. The lowest BCUT2D eigenvalue weighted by Crippen LogP contribution is -2.20. The van der Waals surface area contributed by atoms with E-state index in [2.05, 4.69) is 24.1 Å². The van der Waals surface area contributed by atoms with Gasteiger partial charge in [-0.15, -0.1) is 11.8 Å². The lowest BCUT2D eigenvalue weighted by Gasteiger charge is -2.15. The van der Waals surface area contributed by atoms with Crippen molar-refractivity contribution in [2.75, 3.05) is 24.3 Å². The van der Waals surface area contributed by atoms with E-state index in [0.29, 0.717) is 11.8 Å². The zero-order valence-electron chi connectivity index (χ0n) is 11.7. The Kier molecular flexibility index (Phi) is 6.82. The molecule has 6 heteroatoms. The van der Waals surface area contributed by atoms with Gasteiger partial charge in [0.2, 0.25) is 0 Å². The molecular formula is C13H22N2O2S2. The van der Waals surface area contributed by atoms with Gasteiger partial charge in [-0.05, 0) is 25.1 Å². The number of hydrogen-bond donors (Lipinski definition) is 1. The second-order valence-corrected chi connectivity index (χ2v) is 7.84. The van der Waals surface area contributed by atoms with E-state index in [1.54, 1.807) is 0 Å². The summed E-state index contributed by atoms with van der Waals surface area (Å²) in [5.74, 6) is 0.776. The fourth-order valence-electron chi connectivity index (χ4n) is 1.70. The van der Waals surface area contributed by atoms with E-state index in [1.807, 2.05) is 18.3 Å². The fourth-order valence-corrected chi connectivity index (χ4v) is 3.77. The molecule has 1 aromatic rings. The predicted octanol–water partition coefficient (Wildman–Crippen LogP) is 2.28. The molecule has 0 saturated carbocycles. The third-order valence-electron chi connectivity index (χ3n) is 2.70. The van der Waals surface area contributed by atoms with E-state index >= 15 is 0 Å². The maximum absolute atomic E-state index is 11.0. The first kappa shape index (κ1) is 16.5. The van der Waals surface area contributed by atoms with Gasteiger partial charge in [-0.25, -0.2) is 8.42 Å². The van der Waals surface area contributed by atoms with Gasteiger partial charge in [0.05, 0.1) is 11.4 Å². The Balaban J connectivity index is 2.56. The van der Waals surface area contributed by atoms with Gasteiger partial charge in [-0.2, -0.15) is 0 Å². The van der Waals surface area contributed by atoms with Gasteiger partial charge in [0.25, 0.3) is 0 Å². The smallest absolute Gasteiger partial charge is 0.148 e. The third kappa shape index (κ3) is 6.40. The molecule has 4 nitrogen and oxygen atoms in total. The molecule has 0 aliphatic carbocycles. The Labute approximate surface area is 120 Å². The van der Waals surface area contributed by atoms with Crippen LogP contribution in [0.1, 0.15) is 32.0 Å². The lowest BCUT2D eigenvalue weighted by molar-refractivity contribution is 0.524. The van der Waals surface area contributed by atoms with Crippen molar-refractivity contribution in [3.05, 3.63) is 24.0 Å². The molecule has 0 saturated heterocycles. The van der Waals surface area contributed by atoms with E-state index in [-0.39, 0.29) is 5.75 Å². The average Bonchev–Trinajstić information content (AvgIpc) is 2.35. The van der Waals surface area contributed by atoms with Crippen molar-refractivity contribution in [3.63, 3.8) is 0 Å². The summed E-state index contributed by atoms with van der Waals surface area (Å²) < 4.78 is 22.1. The van der Waals surface area contributed by atoms with E-state index in [1.165, 1.54) is 18.0 Å². The second kappa shape index (κ2) is 7.87. The molecule has 0 fully saturated rings. The zero-order valence-corrected chi connectivity index (χ0v) is 13.4. The molecule has 19 heavy (non-hydrogen) atoms. The molecule has 1 atom stereocenters. The number of pyridine rings is 1. The molecule has 1 heterocycles. The minimum atomic E-state index is -2.88. The quantitative estimate of drug-likeness (QED) is 0.747. The van der Waals surface area contributed by atoms with Crippen LogP contribution >= 0.6 is 11.8 Å². The van der Waals surface area contributed by atoms with Crippen molar-refractivity contribution in [2.45, 2.75) is 31.2 Å². The molecule has 0 aromatic carbocycles. The summed E-state index contributed by atoms with van der Waals surface area (Å²) in [4.78, 5) is 5.46. The summed E-state index contributed by atoms with van der Waals surface area (Å²) in [5.41, 5.74) is 1.04. The molecule has 0 spiro atoms. The van der Waals surface area contributed by atoms with Gasteiger partial charge in [-0.3, -0.25) is 4.98 Å². The minimum absolute atomic E-state index is 0.203. The molecule has 0 bridgehead atoms. The second-order valence-electron chi connectivity index (χ2n) is 4.42. The topological polar surface area (TPSA) is 59.1 Å². The molecule has 108 valence electrons. The van der Waals surface area contributed by atoms with E-state index < -0.39 is 9.84 Å². The van der Waals surface area contributed by atoms with Crippen molar-refractivity contribution in [1.82, 2.24) is 10.3 Å². The van der Waals surface area contributed by atoms with Gasteiger partial charge >= 0.3 is 0 Å². The van der Waals surface area contributed by atoms with Gasteiger partial charge in [0.15, 0.2) is 0 Å². The Morgan fingerprint density at radius 1 is 1.37 bits per heavy atom. The van der Waals surface area contributed by atoms with Crippen LogP contribution in [0.5, 0.6) is 0 Å². The molecule has 1 unspecified atom stereocenters. The first-order valence-corrected chi connectivity index (χ1v) is 9.50. The van der Waals surface area contributed by atoms with Crippen LogP contribution in [0.25, 0.3) is 0 Å². The molecule has 0 aliphatic rings. The van der Waals surface area contributed by atoms with Crippen LogP contribution in [0.2, 0.25) is 0 Å². The third-order valence-corrected chi connectivity index (χ3v) is 4.89. The van der Waals surface area contributed by atoms with Crippen LogP contribution < -0.4 is 5.32 Å². The van der Waals surface area contributed by atoms with Crippen molar-refractivity contribution in [2.24, 2.45) is 0 Å². The molecular weight excluding hydrogens is 280 g/mol. The number of nitrogens with one attached hydrogen (secondary N) is 1. The van der Waals surface area contributed by atoms with Gasteiger partial charge in [-0.1, -0.05) is 13.8 Å². The fraction of sp³-hybridized carbons (Fsp3) is 0.615. The summed E-state index contributed by atoms with van der Waals surface area (Å²) in [5, 5.41) is 3.38. The van der Waals surface area contributed by atoms with Crippen molar-refractivity contribution >= 4 is 21.6 Å². The number of sulfone groups is 1. The summed E-state index contributed by atoms with van der Waals surface area (Å²) in [6.45, 7) is 5.13. The highest BCUT2D eigenvalue weighted by Crippen LogP contribution is 2.20. The number of aromatic nitrogens is 1. The number of rotatable bonds is 8. The van der Waals surface area contributed by atoms with Gasteiger partial charge in [0, 0.05) is 29.1 Å². The minimum Gasteiger partial charge on any atom is -0.309 e. The van der Waals surface area contributed by atoms with Crippen LogP contribution in [0.4, 0.5) is 0 Å². The maximum atomic E-state index is 11.0. The molecule has 1 aromatic heterocycles. The summed E-state index contributed by atoms with van der Waals surface area (Å²) in [6, 6.07) is 4.31. The van der Waals surface area contributed by atoms with Crippen LogP contribution in [-0.2, 0) is 9.84 Å². The highest BCUT2D eigenvalue weighted by Gasteiger charge is 2.09. The highest BCUT2D eigenvalue weighted by molar-refractivity contribution is 8.00. The van der Waals surface area contributed by atoms with E-state index in [0.717, 1.165) is 23.6 Å². The van der Waals surface area contributed by atoms with Crippen LogP contribution in [-0.4, -0.2) is 37.7 Å². The van der Waals surface area contributed by atoms with Gasteiger partial charge in [0.1, 0.15) is 9.84 Å². The monoisotopic (exact) mass is 302 g/mol.